The molecule has 0 aromatic heterocycles. The number of carbonyl (C=O) groups excluding carboxylic acids is 2. The van der Waals surface area contributed by atoms with Crippen LogP contribution in [0.5, 0.6) is 28.7 Å². The number of aryl methyl sites for hydroxylation is 2. The van der Waals surface area contributed by atoms with Gasteiger partial charge in [-0.15, -0.1) is 0 Å². The number of benzene rings is 3. The zero-order valence-electron chi connectivity index (χ0n) is 17.8. The molecule has 3 aromatic rings. The fraction of sp³-hybridized carbons (Fsp3) is 0.167. The summed E-state index contributed by atoms with van der Waals surface area (Å²) in [5.41, 5.74) is 3.27. The van der Waals surface area contributed by atoms with Gasteiger partial charge >= 0.3 is 0 Å². The van der Waals surface area contributed by atoms with E-state index in [0.29, 0.717) is 34.7 Å². The maximum atomic E-state index is 10.4. The van der Waals surface area contributed by atoms with Crippen molar-refractivity contribution in [1.29, 1.82) is 0 Å². The van der Waals surface area contributed by atoms with E-state index < -0.39 is 0 Å². The van der Waals surface area contributed by atoms with Crippen LogP contribution >= 0.6 is 0 Å². The van der Waals surface area contributed by atoms with E-state index in [1.807, 2.05) is 19.9 Å². The predicted molar refractivity (Wildman–Crippen MR) is 118 cm³/mol. The van der Waals surface area contributed by atoms with Crippen LogP contribution in [0.4, 0.5) is 0 Å². The van der Waals surface area contributed by atoms with Crippen LogP contribution < -0.4 is 9.47 Å². The number of aldehydes is 2. The lowest BCUT2D eigenvalue weighted by Crippen LogP contribution is -1.91. The van der Waals surface area contributed by atoms with Crippen LogP contribution in [0.2, 0.25) is 0 Å². The third kappa shape index (κ3) is 8.10. The number of ether oxygens (including phenoxy) is 2. The maximum absolute atomic E-state index is 10.4. The minimum Gasteiger partial charge on any atom is -0.508 e. The Morgan fingerprint density at radius 3 is 1.71 bits per heavy atom. The molecule has 0 unspecified atom stereocenters. The smallest absolute Gasteiger partial charge is 0.161 e. The van der Waals surface area contributed by atoms with Crippen LogP contribution in [0.3, 0.4) is 0 Å². The molecule has 0 heterocycles. The van der Waals surface area contributed by atoms with Crippen LogP contribution in [0.25, 0.3) is 0 Å². The van der Waals surface area contributed by atoms with Crippen molar-refractivity contribution in [2.45, 2.75) is 13.8 Å². The highest BCUT2D eigenvalue weighted by atomic mass is 16.5. The summed E-state index contributed by atoms with van der Waals surface area (Å²) in [7, 11) is 3.09. The summed E-state index contributed by atoms with van der Waals surface area (Å²) >= 11 is 0. The molecule has 31 heavy (non-hydrogen) atoms. The lowest BCUT2D eigenvalue weighted by Gasteiger charge is -2.06. The number of carbonyl (C=O) groups is 2. The van der Waals surface area contributed by atoms with Gasteiger partial charge in [0.1, 0.15) is 18.3 Å². The molecule has 0 saturated heterocycles. The van der Waals surface area contributed by atoms with Crippen LogP contribution in [0, 0.1) is 13.8 Å². The number of aromatic hydroxyl groups is 3. The molecular weight excluding hydrogens is 400 g/mol. The Morgan fingerprint density at radius 2 is 1.23 bits per heavy atom. The Balaban J connectivity index is 0.000000235. The second-order valence-corrected chi connectivity index (χ2v) is 6.37. The van der Waals surface area contributed by atoms with Gasteiger partial charge in [0.2, 0.25) is 0 Å². The maximum Gasteiger partial charge on any atom is 0.161 e. The summed E-state index contributed by atoms with van der Waals surface area (Å²) in [6, 6.07) is 14.2. The van der Waals surface area contributed by atoms with E-state index >= 15 is 0 Å². The Labute approximate surface area is 181 Å². The molecular formula is C24H26O7. The Kier molecular flexibility index (Phi) is 10.1. The summed E-state index contributed by atoms with van der Waals surface area (Å²) in [4.78, 5) is 20.5. The molecule has 0 bridgehead atoms. The van der Waals surface area contributed by atoms with Gasteiger partial charge in [0.05, 0.1) is 14.2 Å². The molecule has 7 nitrogen and oxygen atoms in total. The SMILES string of the molecule is COc1ccc(C=O)cc1OC.Cc1ccc(O)cc1C.O=Cc1ccc(O)c(O)c1. The van der Waals surface area contributed by atoms with Gasteiger partial charge in [-0.2, -0.15) is 0 Å². The Morgan fingerprint density at radius 1 is 0.645 bits per heavy atom. The summed E-state index contributed by atoms with van der Waals surface area (Å²) in [6.07, 6.45) is 1.36. The van der Waals surface area contributed by atoms with E-state index in [0.717, 1.165) is 11.8 Å². The van der Waals surface area contributed by atoms with Gasteiger partial charge in [-0.1, -0.05) is 6.07 Å². The number of hydrogen-bond donors (Lipinski definition) is 3. The molecule has 0 amide bonds. The molecule has 3 aromatic carbocycles. The molecule has 0 spiro atoms. The molecule has 0 fully saturated rings. The van der Waals surface area contributed by atoms with E-state index in [4.69, 9.17) is 24.8 Å². The quantitative estimate of drug-likeness (QED) is 0.418. The van der Waals surface area contributed by atoms with Gasteiger partial charge in [-0.05, 0) is 73.5 Å². The van der Waals surface area contributed by atoms with E-state index in [9.17, 15) is 9.59 Å². The predicted octanol–water partition coefficient (Wildman–Crippen LogP) is 4.44. The first-order valence-electron chi connectivity index (χ1n) is 9.16. The summed E-state index contributed by atoms with van der Waals surface area (Å²) in [5, 5.41) is 26.5. The first-order chi connectivity index (χ1) is 14.7. The van der Waals surface area contributed by atoms with Gasteiger partial charge in [0.25, 0.3) is 0 Å². The van der Waals surface area contributed by atoms with Crippen molar-refractivity contribution in [3.8, 4) is 28.7 Å². The van der Waals surface area contributed by atoms with Gasteiger partial charge in [-0.25, -0.2) is 0 Å². The minimum absolute atomic E-state index is 0.217. The van der Waals surface area contributed by atoms with Gasteiger partial charge in [0, 0.05) is 11.1 Å². The van der Waals surface area contributed by atoms with Crippen LogP contribution in [0.15, 0.2) is 54.6 Å². The largest absolute Gasteiger partial charge is 0.508 e. The van der Waals surface area contributed by atoms with Crippen molar-refractivity contribution < 1.29 is 34.4 Å². The number of hydrogen-bond acceptors (Lipinski definition) is 7. The van der Waals surface area contributed by atoms with Crippen molar-refractivity contribution in [3.63, 3.8) is 0 Å². The molecule has 0 radical (unpaired) electrons. The molecule has 0 aliphatic heterocycles. The van der Waals surface area contributed by atoms with Crippen molar-refractivity contribution in [3.05, 3.63) is 76.9 Å². The standard InChI is InChI=1S/C9H10O3.C8H10O.C7H6O3/c1-11-8-4-3-7(6-10)5-9(8)12-2;1-6-3-4-8(9)5-7(6)2;8-4-5-1-2-6(9)7(10)3-5/h3-6H,1-2H3;3-5,9H,1-2H3;1-4,9-10H. The second kappa shape index (κ2) is 12.5. The van der Waals surface area contributed by atoms with Gasteiger partial charge in [-0.3, -0.25) is 9.59 Å². The van der Waals surface area contributed by atoms with Crippen molar-refractivity contribution >= 4 is 12.6 Å². The average molecular weight is 426 g/mol. The van der Waals surface area contributed by atoms with Crippen LogP contribution in [-0.2, 0) is 0 Å². The third-order valence-electron chi connectivity index (χ3n) is 4.17. The summed E-state index contributed by atoms with van der Waals surface area (Å²) in [6.45, 7) is 4.00. The van der Waals surface area contributed by atoms with E-state index in [-0.39, 0.29) is 11.5 Å². The second-order valence-electron chi connectivity index (χ2n) is 6.37. The molecule has 3 rings (SSSR count). The lowest BCUT2D eigenvalue weighted by molar-refractivity contribution is 0.111. The van der Waals surface area contributed by atoms with Gasteiger partial charge in [0.15, 0.2) is 23.0 Å². The monoisotopic (exact) mass is 426 g/mol. The molecule has 0 saturated carbocycles. The molecule has 0 atom stereocenters. The summed E-state index contributed by atoms with van der Waals surface area (Å²) in [5.74, 6) is 1.05. The average Bonchev–Trinajstić information content (AvgIpc) is 2.78. The fourth-order valence-electron chi connectivity index (χ4n) is 2.27. The van der Waals surface area contributed by atoms with E-state index in [2.05, 4.69) is 0 Å². The zero-order chi connectivity index (χ0) is 23.4. The molecule has 0 aliphatic carbocycles. The summed E-state index contributed by atoms with van der Waals surface area (Å²) < 4.78 is 9.99. The first-order valence-corrected chi connectivity index (χ1v) is 9.16. The third-order valence-corrected chi connectivity index (χ3v) is 4.17. The minimum atomic E-state index is -0.274. The highest BCUT2D eigenvalue weighted by Crippen LogP contribution is 2.26. The van der Waals surface area contributed by atoms with E-state index in [1.165, 1.54) is 30.9 Å². The molecule has 3 N–H and O–H groups in total. The molecule has 7 heteroatoms. The van der Waals surface area contributed by atoms with Crippen molar-refractivity contribution in [2.24, 2.45) is 0 Å². The zero-order valence-corrected chi connectivity index (χ0v) is 17.8. The number of phenolic OH excluding ortho intramolecular Hbond substituents is 3. The molecule has 164 valence electrons. The lowest BCUT2D eigenvalue weighted by atomic mass is 10.1. The highest BCUT2D eigenvalue weighted by molar-refractivity contribution is 5.76. The Hall–Kier alpha value is -4.00. The highest BCUT2D eigenvalue weighted by Gasteiger charge is 2.02. The van der Waals surface area contributed by atoms with E-state index in [1.54, 1.807) is 37.4 Å². The molecule has 0 aliphatic rings. The number of methoxy groups -OCH3 is 2. The van der Waals surface area contributed by atoms with Gasteiger partial charge < -0.3 is 24.8 Å². The van der Waals surface area contributed by atoms with Crippen LogP contribution in [0.1, 0.15) is 31.8 Å². The number of phenols is 3. The number of rotatable bonds is 4. The van der Waals surface area contributed by atoms with Crippen molar-refractivity contribution in [2.75, 3.05) is 14.2 Å². The topological polar surface area (TPSA) is 113 Å². The first kappa shape index (κ1) is 25.0. The normalized spacial score (nSPS) is 9.29. The van der Waals surface area contributed by atoms with Crippen molar-refractivity contribution in [1.82, 2.24) is 0 Å². The fourth-order valence-corrected chi connectivity index (χ4v) is 2.27. The van der Waals surface area contributed by atoms with Crippen LogP contribution in [-0.4, -0.2) is 42.1 Å². The Bertz CT molecular complexity index is 1010.